The fourth-order valence-electron chi connectivity index (χ4n) is 2.33. The number of carboxylic acids is 1. The van der Waals surface area contributed by atoms with Crippen molar-refractivity contribution in [2.75, 3.05) is 0 Å². The summed E-state index contributed by atoms with van der Waals surface area (Å²) >= 11 is 0. The van der Waals surface area contributed by atoms with E-state index in [-0.39, 0.29) is 18.4 Å². The number of allylic oxidation sites excluding steroid dienone is 1. The van der Waals surface area contributed by atoms with Gasteiger partial charge in [0.2, 0.25) is 11.8 Å². The first kappa shape index (κ1) is 20.3. The Balaban J connectivity index is 2.84. The highest BCUT2D eigenvalue weighted by Crippen LogP contribution is 2.10. The molecule has 1 aromatic rings. The van der Waals surface area contributed by atoms with Crippen LogP contribution in [0.25, 0.3) is 0 Å². The average molecular weight is 350 g/mol. The first-order valence-corrected chi connectivity index (χ1v) is 7.99. The Kier molecular flexibility index (Phi) is 8.32. The molecule has 25 heavy (non-hydrogen) atoms. The van der Waals surface area contributed by atoms with Crippen LogP contribution in [0.5, 0.6) is 0 Å². The van der Waals surface area contributed by atoms with E-state index < -0.39 is 35.7 Å². The number of nitrogens with one attached hydrogen (secondary N) is 2. The van der Waals surface area contributed by atoms with Gasteiger partial charge < -0.3 is 15.7 Å². The lowest BCUT2D eigenvalue weighted by Crippen LogP contribution is -2.52. The number of hydrogen-bond acceptors (Lipinski definition) is 3. The van der Waals surface area contributed by atoms with E-state index in [1.54, 1.807) is 12.1 Å². The Hall–Kier alpha value is -2.70. The molecule has 0 fully saturated rings. The van der Waals surface area contributed by atoms with Gasteiger partial charge in [0.05, 0.1) is 0 Å². The molecule has 136 valence electrons. The lowest BCUT2D eigenvalue weighted by molar-refractivity contribution is -0.142. The predicted octanol–water partition coefficient (Wildman–Crippen LogP) is 1.80. The highest BCUT2D eigenvalue weighted by molar-refractivity contribution is 5.90. The van der Waals surface area contributed by atoms with Crippen LogP contribution >= 0.6 is 0 Å². The molecular weight excluding hydrogens is 327 g/mol. The summed E-state index contributed by atoms with van der Waals surface area (Å²) in [5, 5.41) is 14.1. The monoisotopic (exact) mass is 350 g/mol. The second-order valence-electron chi connectivity index (χ2n) is 5.67. The van der Waals surface area contributed by atoms with Crippen LogP contribution < -0.4 is 10.6 Å². The molecule has 0 saturated carbocycles. The number of halogens is 1. The first-order valence-electron chi connectivity index (χ1n) is 7.99. The minimum Gasteiger partial charge on any atom is -0.480 e. The van der Waals surface area contributed by atoms with Crippen LogP contribution in [0.2, 0.25) is 0 Å². The van der Waals surface area contributed by atoms with Crippen molar-refractivity contribution in [1.29, 1.82) is 0 Å². The zero-order chi connectivity index (χ0) is 18.8. The van der Waals surface area contributed by atoms with Crippen molar-refractivity contribution in [3.63, 3.8) is 0 Å². The van der Waals surface area contributed by atoms with E-state index >= 15 is 0 Å². The van der Waals surface area contributed by atoms with Crippen LogP contribution in [0.15, 0.2) is 36.9 Å². The number of benzene rings is 1. The van der Waals surface area contributed by atoms with Crippen molar-refractivity contribution in [2.24, 2.45) is 0 Å². The van der Waals surface area contributed by atoms with Gasteiger partial charge in [-0.1, -0.05) is 24.3 Å². The molecular formula is C18H23FN2O4. The molecule has 2 atom stereocenters. The lowest BCUT2D eigenvalue weighted by Gasteiger charge is -2.21. The van der Waals surface area contributed by atoms with Crippen LogP contribution in [0, 0.1) is 5.82 Å². The largest absolute Gasteiger partial charge is 0.480 e. The second kappa shape index (κ2) is 10.2. The highest BCUT2D eigenvalue weighted by atomic mass is 19.1. The molecule has 3 N–H and O–H groups in total. The van der Waals surface area contributed by atoms with E-state index in [0.717, 1.165) is 0 Å². The van der Waals surface area contributed by atoms with E-state index in [4.69, 9.17) is 0 Å². The summed E-state index contributed by atoms with van der Waals surface area (Å²) in [5.74, 6) is -2.78. The summed E-state index contributed by atoms with van der Waals surface area (Å²) in [6.45, 7) is 4.80. The van der Waals surface area contributed by atoms with Gasteiger partial charge in [0.25, 0.3) is 0 Å². The molecule has 0 aliphatic heterocycles. The SMILES string of the molecule is C=CCCC[C@H](NC(=O)[C@H](Cc1ccccc1F)NC(C)=O)C(=O)O. The number of rotatable bonds is 10. The third-order valence-electron chi connectivity index (χ3n) is 3.59. The molecule has 0 aliphatic carbocycles. The Morgan fingerprint density at radius 3 is 2.48 bits per heavy atom. The summed E-state index contributed by atoms with van der Waals surface area (Å²) in [7, 11) is 0. The minimum atomic E-state index is -1.16. The number of unbranched alkanes of at least 4 members (excludes halogenated alkanes) is 1. The zero-order valence-corrected chi connectivity index (χ0v) is 14.1. The maximum absolute atomic E-state index is 13.8. The van der Waals surface area contributed by atoms with E-state index in [1.807, 2.05) is 0 Å². The first-order chi connectivity index (χ1) is 11.8. The molecule has 0 bridgehead atoms. The van der Waals surface area contributed by atoms with Gasteiger partial charge in [0.1, 0.15) is 17.9 Å². The molecule has 0 radical (unpaired) electrons. The van der Waals surface area contributed by atoms with E-state index in [9.17, 15) is 23.9 Å². The van der Waals surface area contributed by atoms with Crippen molar-refractivity contribution in [2.45, 2.75) is 44.7 Å². The number of aliphatic carboxylic acids is 1. The van der Waals surface area contributed by atoms with Gasteiger partial charge in [-0.25, -0.2) is 9.18 Å². The van der Waals surface area contributed by atoms with E-state index in [0.29, 0.717) is 12.8 Å². The number of carboxylic acid groups (broad SMARTS) is 1. The molecule has 0 heterocycles. The molecule has 0 unspecified atom stereocenters. The second-order valence-corrected chi connectivity index (χ2v) is 5.67. The Labute approximate surface area is 146 Å². The molecule has 0 saturated heterocycles. The van der Waals surface area contributed by atoms with Crippen LogP contribution in [-0.2, 0) is 20.8 Å². The van der Waals surface area contributed by atoms with E-state index in [1.165, 1.54) is 25.1 Å². The van der Waals surface area contributed by atoms with Gasteiger partial charge in [-0.15, -0.1) is 6.58 Å². The van der Waals surface area contributed by atoms with Gasteiger partial charge in [-0.2, -0.15) is 0 Å². The summed E-state index contributed by atoms with van der Waals surface area (Å²) in [6, 6.07) is 3.77. The van der Waals surface area contributed by atoms with Crippen molar-refractivity contribution in [3.8, 4) is 0 Å². The topological polar surface area (TPSA) is 95.5 Å². The van der Waals surface area contributed by atoms with Crippen LogP contribution in [0.3, 0.4) is 0 Å². The maximum Gasteiger partial charge on any atom is 0.326 e. The van der Waals surface area contributed by atoms with Gasteiger partial charge in [-0.05, 0) is 30.9 Å². The Morgan fingerprint density at radius 1 is 1.24 bits per heavy atom. The molecule has 6 nitrogen and oxygen atoms in total. The Bertz CT molecular complexity index is 633. The lowest BCUT2D eigenvalue weighted by atomic mass is 10.0. The van der Waals surface area contributed by atoms with Crippen LogP contribution in [0.4, 0.5) is 4.39 Å². The quantitative estimate of drug-likeness (QED) is 0.443. The smallest absolute Gasteiger partial charge is 0.326 e. The van der Waals surface area contributed by atoms with Gasteiger partial charge >= 0.3 is 5.97 Å². The normalized spacial score (nSPS) is 12.7. The molecule has 1 aromatic carbocycles. The summed E-state index contributed by atoms with van der Waals surface area (Å²) in [6.07, 6.45) is 3.01. The zero-order valence-electron chi connectivity index (χ0n) is 14.1. The van der Waals surface area contributed by atoms with Crippen molar-refractivity contribution in [1.82, 2.24) is 10.6 Å². The third-order valence-corrected chi connectivity index (χ3v) is 3.59. The fraction of sp³-hybridized carbons (Fsp3) is 0.389. The number of hydrogen-bond donors (Lipinski definition) is 3. The van der Waals surface area contributed by atoms with Gasteiger partial charge in [-0.3, -0.25) is 9.59 Å². The van der Waals surface area contributed by atoms with Crippen LogP contribution in [0.1, 0.15) is 31.7 Å². The van der Waals surface area contributed by atoms with E-state index in [2.05, 4.69) is 17.2 Å². The predicted molar refractivity (Wildman–Crippen MR) is 91.3 cm³/mol. The van der Waals surface area contributed by atoms with Crippen molar-refractivity contribution in [3.05, 3.63) is 48.3 Å². The molecule has 2 amide bonds. The standard InChI is InChI=1S/C18H23FN2O4/c1-3-4-5-10-15(18(24)25)21-17(23)16(20-12(2)22)11-13-8-6-7-9-14(13)19/h3,6-9,15-16H,1,4-5,10-11H2,2H3,(H,20,22)(H,21,23)(H,24,25)/t15-,16-/m0/s1. The summed E-state index contributed by atoms with van der Waals surface area (Å²) in [4.78, 5) is 35.1. The molecule has 7 heteroatoms. The summed E-state index contributed by atoms with van der Waals surface area (Å²) in [5.41, 5.74) is 0.259. The van der Waals surface area contributed by atoms with Crippen molar-refractivity contribution >= 4 is 17.8 Å². The highest BCUT2D eigenvalue weighted by Gasteiger charge is 2.26. The molecule has 0 aromatic heterocycles. The fourth-order valence-corrected chi connectivity index (χ4v) is 2.33. The van der Waals surface area contributed by atoms with Crippen LogP contribution in [-0.4, -0.2) is 35.0 Å². The average Bonchev–Trinajstić information content (AvgIpc) is 2.54. The molecule has 0 aliphatic rings. The number of carbonyl (C=O) groups is 3. The molecule has 1 rings (SSSR count). The minimum absolute atomic E-state index is 0.0723. The number of carbonyl (C=O) groups excluding carboxylic acids is 2. The maximum atomic E-state index is 13.8. The van der Waals surface area contributed by atoms with Gasteiger partial charge in [0, 0.05) is 13.3 Å². The molecule has 0 spiro atoms. The summed E-state index contributed by atoms with van der Waals surface area (Å²) < 4.78 is 13.8. The Morgan fingerprint density at radius 2 is 1.92 bits per heavy atom. The third kappa shape index (κ3) is 7.15. The van der Waals surface area contributed by atoms with Gasteiger partial charge in [0.15, 0.2) is 0 Å². The van der Waals surface area contributed by atoms with Crippen molar-refractivity contribution < 1.29 is 23.9 Å². The number of amides is 2.